The lowest BCUT2D eigenvalue weighted by atomic mass is 10.1. The van der Waals surface area contributed by atoms with Crippen LogP contribution >= 0.6 is 0 Å². The maximum absolute atomic E-state index is 12.8. The molecule has 3 aliphatic heterocycles. The van der Waals surface area contributed by atoms with Gasteiger partial charge in [0.25, 0.3) is 0 Å². The molecule has 0 radical (unpaired) electrons. The lowest BCUT2D eigenvalue weighted by molar-refractivity contribution is -0.135. The van der Waals surface area contributed by atoms with E-state index < -0.39 is 11.9 Å². The summed E-state index contributed by atoms with van der Waals surface area (Å²) in [5.41, 5.74) is 2.52. The van der Waals surface area contributed by atoms with Gasteiger partial charge < -0.3 is 5.32 Å². The Bertz CT molecular complexity index is 1010. The van der Waals surface area contributed by atoms with Crippen molar-refractivity contribution in [1.29, 1.82) is 0 Å². The number of hydrogen-bond donors (Lipinski definition) is 2. The number of nitrogens with one attached hydrogen (secondary N) is 2. The molecular weight excluding hydrogens is 346 g/mol. The summed E-state index contributed by atoms with van der Waals surface area (Å²) >= 11 is 0. The average molecular weight is 369 g/mol. The summed E-state index contributed by atoms with van der Waals surface area (Å²) < 4.78 is 3.13. The number of benzene rings is 1. The molecule has 8 nitrogen and oxygen atoms in total. The second-order valence-corrected chi connectivity index (χ2v) is 7.93. The predicted molar refractivity (Wildman–Crippen MR) is 99.2 cm³/mol. The fraction of sp³-hybridized carbons (Fsp3) is 0.526. The molecule has 0 saturated carbocycles. The van der Waals surface area contributed by atoms with Gasteiger partial charge in [0.15, 0.2) is 0 Å². The highest BCUT2D eigenvalue weighted by molar-refractivity contribution is 6.00. The van der Waals surface area contributed by atoms with Crippen molar-refractivity contribution in [1.82, 2.24) is 24.7 Å². The van der Waals surface area contributed by atoms with Gasteiger partial charge in [0, 0.05) is 45.2 Å². The maximum Gasteiger partial charge on any atom is 0.329 e. The minimum Gasteiger partial charge on any atom is -0.311 e. The summed E-state index contributed by atoms with van der Waals surface area (Å²) in [4.78, 5) is 39.0. The molecule has 2 N–H and O–H groups in total. The van der Waals surface area contributed by atoms with E-state index in [1.54, 1.807) is 11.6 Å². The number of imide groups is 1. The highest BCUT2D eigenvalue weighted by Crippen LogP contribution is 2.27. The van der Waals surface area contributed by atoms with Crippen LogP contribution in [0.25, 0.3) is 11.0 Å². The Morgan fingerprint density at radius 2 is 2.04 bits per heavy atom. The normalized spacial score (nSPS) is 28.3. The van der Waals surface area contributed by atoms with Crippen molar-refractivity contribution in [3.05, 3.63) is 34.2 Å². The van der Waals surface area contributed by atoms with Gasteiger partial charge in [0.1, 0.15) is 6.04 Å². The van der Waals surface area contributed by atoms with Crippen molar-refractivity contribution in [3.63, 3.8) is 0 Å². The number of fused-ring (bicyclic) bond motifs is 3. The molecule has 3 atom stereocenters. The Balaban J connectivity index is 1.49. The van der Waals surface area contributed by atoms with E-state index in [0.29, 0.717) is 18.5 Å². The molecule has 0 aliphatic carbocycles. The molecule has 1 aromatic heterocycles. The number of aryl methyl sites for hydroxylation is 1. The zero-order valence-corrected chi connectivity index (χ0v) is 15.3. The van der Waals surface area contributed by atoms with Gasteiger partial charge in [-0.15, -0.1) is 0 Å². The zero-order valence-electron chi connectivity index (χ0n) is 15.3. The molecule has 4 heterocycles. The summed E-state index contributed by atoms with van der Waals surface area (Å²) in [6.45, 7) is 2.99. The van der Waals surface area contributed by atoms with Crippen LogP contribution in [0.1, 0.15) is 30.9 Å². The Morgan fingerprint density at radius 3 is 2.74 bits per heavy atom. The minimum atomic E-state index is -0.634. The lowest BCUT2D eigenvalue weighted by Crippen LogP contribution is -2.44. The van der Waals surface area contributed by atoms with Gasteiger partial charge >= 0.3 is 5.69 Å². The van der Waals surface area contributed by atoms with E-state index >= 15 is 0 Å². The minimum absolute atomic E-state index is 0.221. The van der Waals surface area contributed by atoms with Crippen molar-refractivity contribution < 1.29 is 9.59 Å². The molecule has 5 rings (SSSR count). The van der Waals surface area contributed by atoms with E-state index in [2.05, 4.69) is 21.6 Å². The van der Waals surface area contributed by atoms with E-state index in [1.807, 2.05) is 12.1 Å². The van der Waals surface area contributed by atoms with Crippen molar-refractivity contribution in [2.75, 3.05) is 13.1 Å². The number of likely N-dealkylation sites (tertiary alicyclic amines) is 1. The van der Waals surface area contributed by atoms with E-state index in [-0.39, 0.29) is 18.0 Å². The van der Waals surface area contributed by atoms with Crippen LogP contribution < -0.4 is 16.3 Å². The van der Waals surface area contributed by atoms with E-state index in [0.717, 1.165) is 30.7 Å². The van der Waals surface area contributed by atoms with Crippen LogP contribution in [0, 0.1) is 0 Å². The Labute approximate surface area is 156 Å². The monoisotopic (exact) mass is 369 g/mol. The number of aromatic nitrogens is 2. The Morgan fingerprint density at radius 1 is 1.19 bits per heavy atom. The number of rotatable bonds is 3. The molecule has 1 aromatic carbocycles. The van der Waals surface area contributed by atoms with Crippen LogP contribution in [0.15, 0.2) is 23.0 Å². The fourth-order valence-electron chi connectivity index (χ4n) is 4.81. The van der Waals surface area contributed by atoms with Gasteiger partial charge in [-0.1, -0.05) is 6.07 Å². The lowest BCUT2D eigenvalue weighted by Gasteiger charge is -2.27. The Kier molecular flexibility index (Phi) is 3.73. The molecular formula is C19H23N5O3. The first-order valence-electron chi connectivity index (χ1n) is 9.52. The topological polar surface area (TPSA) is 88.4 Å². The Hall–Kier alpha value is -2.45. The molecule has 2 bridgehead atoms. The highest BCUT2D eigenvalue weighted by atomic mass is 16.2. The third-order valence-electron chi connectivity index (χ3n) is 6.23. The van der Waals surface area contributed by atoms with E-state index in [1.165, 1.54) is 16.6 Å². The van der Waals surface area contributed by atoms with Crippen LogP contribution in [0.3, 0.4) is 0 Å². The van der Waals surface area contributed by atoms with Gasteiger partial charge in [-0.3, -0.25) is 28.9 Å². The quantitative estimate of drug-likeness (QED) is 0.736. The second kappa shape index (κ2) is 6.03. The summed E-state index contributed by atoms with van der Waals surface area (Å²) in [5.74, 6) is -0.674. The molecule has 142 valence electrons. The van der Waals surface area contributed by atoms with E-state index in [4.69, 9.17) is 0 Å². The number of imidazole rings is 1. The molecule has 1 unspecified atom stereocenters. The zero-order chi connectivity index (χ0) is 18.7. The first kappa shape index (κ1) is 16.7. The third kappa shape index (κ3) is 2.62. The van der Waals surface area contributed by atoms with Crippen LogP contribution in [-0.2, 0) is 23.2 Å². The van der Waals surface area contributed by atoms with Crippen molar-refractivity contribution in [2.24, 2.45) is 7.05 Å². The molecule has 2 aromatic rings. The molecule has 2 amide bonds. The van der Waals surface area contributed by atoms with Gasteiger partial charge in [-0.2, -0.15) is 0 Å². The summed E-state index contributed by atoms with van der Waals surface area (Å²) in [7, 11) is 1.73. The van der Waals surface area contributed by atoms with Crippen molar-refractivity contribution >= 4 is 22.8 Å². The molecule has 8 heteroatoms. The van der Waals surface area contributed by atoms with Gasteiger partial charge in [0.2, 0.25) is 11.8 Å². The number of piperidine rings is 1. The first-order valence-corrected chi connectivity index (χ1v) is 9.52. The second-order valence-electron chi connectivity index (χ2n) is 7.93. The number of amides is 2. The number of nitrogens with zero attached hydrogens (tertiary/aromatic N) is 3. The van der Waals surface area contributed by atoms with Crippen LogP contribution in [0.5, 0.6) is 0 Å². The molecule has 3 saturated heterocycles. The van der Waals surface area contributed by atoms with Crippen molar-refractivity contribution in [2.45, 2.75) is 43.9 Å². The predicted octanol–water partition coefficient (Wildman–Crippen LogP) is -0.136. The SMILES string of the molecule is Cn1c(=O)n(C2CCC(=O)NC2=O)c2ccc(CN3C[C@H]4C[C@@H]3CN4)cc21. The largest absolute Gasteiger partial charge is 0.329 e. The number of hydrogen-bond acceptors (Lipinski definition) is 5. The molecule has 0 spiro atoms. The standard InChI is InChI=1S/C19H23N5O3/c1-22-16-6-11(9-23-10-12-7-13(23)8-20-12)2-3-14(16)24(19(22)27)15-4-5-17(25)21-18(15)26/h2-3,6,12-13,15,20H,4-5,7-10H2,1H3,(H,21,25,26)/t12-,13-,15?/m1/s1. The number of carbonyl (C=O) groups excluding carboxylic acids is 2. The highest BCUT2D eigenvalue weighted by Gasteiger charge is 2.37. The fourth-order valence-corrected chi connectivity index (χ4v) is 4.81. The van der Waals surface area contributed by atoms with Crippen LogP contribution in [-0.4, -0.2) is 51.0 Å². The molecule has 27 heavy (non-hydrogen) atoms. The smallest absolute Gasteiger partial charge is 0.311 e. The summed E-state index contributed by atoms with van der Waals surface area (Å²) in [6.07, 6.45) is 1.82. The summed E-state index contributed by atoms with van der Waals surface area (Å²) in [6, 6.07) is 6.61. The van der Waals surface area contributed by atoms with Gasteiger partial charge in [-0.25, -0.2) is 4.79 Å². The maximum atomic E-state index is 12.8. The average Bonchev–Trinajstić information content (AvgIpc) is 3.32. The number of carbonyl (C=O) groups is 2. The van der Waals surface area contributed by atoms with Crippen LogP contribution in [0.4, 0.5) is 0 Å². The third-order valence-corrected chi connectivity index (χ3v) is 6.23. The molecule has 3 fully saturated rings. The summed E-state index contributed by atoms with van der Waals surface area (Å²) in [5, 5.41) is 5.86. The van der Waals surface area contributed by atoms with E-state index in [9.17, 15) is 14.4 Å². The van der Waals surface area contributed by atoms with Crippen LogP contribution in [0.2, 0.25) is 0 Å². The number of piperazine rings is 1. The van der Waals surface area contributed by atoms with Gasteiger partial charge in [0.05, 0.1) is 11.0 Å². The first-order chi connectivity index (χ1) is 13.0. The van der Waals surface area contributed by atoms with Gasteiger partial charge in [-0.05, 0) is 30.5 Å². The molecule has 3 aliphatic rings. The van der Waals surface area contributed by atoms with Crippen molar-refractivity contribution in [3.8, 4) is 0 Å².